The molecule has 16 heavy (non-hydrogen) atoms. The first kappa shape index (κ1) is 13.4. The largest absolute Gasteiger partial charge is 0.360 e. The summed E-state index contributed by atoms with van der Waals surface area (Å²) in [7, 11) is 4.09. The molecule has 1 rings (SSSR count). The van der Waals surface area contributed by atoms with Crippen molar-refractivity contribution in [3.8, 4) is 0 Å². The van der Waals surface area contributed by atoms with Crippen LogP contribution < -0.4 is 4.90 Å². The SMILES string of the molecule is CCCCCN(C)c1c(CCl)c(C)nn1C. The Morgan fingerprint density at radius 2 is 2.06 bits per heavy atom. The second-order valence-corrected chi connectivity index (χ2v) is 4.54. The molecule has 0 aliphatic rings. The zero-order chi connectivity index (χ0) is 12.1. The molecule has 92 valence electrons. The highest BCUT2D eigenvalue weighted by atomic mass is 35.5. The quantitative estimate of drug-likeness (QED) is 0.566. The third-order valence-corrected chi connectivity index (χ3v) is 3.17. The van der Waals surface area contributed by atoms with Crippen LogP contribution in [0.2, 0.25) is 0 Å². The van der Waals surface area contributed by atoms with Crippen LogP contribution in [-0.4, -0.2) is 23.4 Å². The fourth-order valence-electron chi connectivity index (χ4n) is 2.03. The highest BCUT2D eigenvalue weighted by Crippen LogP contribution is 2.24. The lowest BCUT2D eigenvalue weighted by Gasteiger charge is -2.20. The second-order valence-electron chi connectivity index (χ2n) is 4.27. The molecular formula is C12H22ClN3. The van der Waals surface area contributed by atoms with Crippen molar-refractivity contribution in [1.29, 1.82) is 0 Å². The van der Waals surface area contributed by atoms with Crippen LogP contribution in [0.1, 0.15) is 37.4 Å². The van der Waals surface area contributed by atoms with Crippen LogP contribution in [-0.2, 0) is 12.9 Å². The van der Waals surface area contributed by atoms with Crippen LogP contribution in [0, 0.1) is 6.92 Å². The fraction of sp³-hybridized carbons (Fsp3) is 0.750. The average molecular weight is 244 g/mol. The highest BCUT2D eigenvalue weighted by molar-refractivity contribution is 6.17. The molecule has 1 heterocycles. The number of alkyl halides is 1. The number of hydrogen-bond donors (Lipinski definition) is 0. The summed E-state index contributed by atoms with van der Waals surface area (Å²) in [5.41, 5.74) is 2.19. The molecule has 0 bridgehead atoms. The maximum Gasteiger partial charge on any atom is 0.130 e. The van der Waals surface area contributed by atoms with Gasteiger partial charge in [-0.15, -0.1) is 11.6 Å². The first-order valence-electron chi connectivity index (χ1n) is 5.91. The maximum absolute atomic E-state index is 5.98. The van der Waals surface area contributed by atoms with Crippen molar-refractivity contribution >= 4 is 17.4 Å². The van der Waals surface area contributed by atoms with Crippen molar-refractivity contribution in [2.24, 2.45) is 7.05 Å². The van der Waals surface area contributed by atoms with E-state index < -0.39 is 0 Å². The second kappa shape index (κ2) is 6.14. The van der Waals surface area contributed by atoms with Gasteiger partial charge in [0, 0.05) is 26.2 Å². The maximum atomic E-state index is 5.98. The number of halogens is 1. The third-order valence-electron chi connectivity index (χ3n) is 2.91. The van der Waals surface area contributed by atoms with Gasteiger partial charge in [-0.3, -0.25) is 4.68 Å². The Kier molecular flexibility index (Phi) is 5.13. The molecule has 0 atom stereocenters. The van der Waals surface area contributed by atoms with Crippen LogP contribution in [0.5, 0.6) is 0 Å². The summed E-state index contributed by atoms with van der Waals surface area (Å²) >= 11 is 5.98. The molecule has 0 radical (unpaired) electrons. The number of hydrogen-bond acceptors (Lipinski definition) is 2. The molecular weight excluding hydrogens is 222 g/mol. The average Bonchev–Trinajstić information content (AvgIpc) is 2.53. The summed E-state index contributed by atoms with van der Waals surface area (Å²) in [4.78, 5) is 2.26. The first-order valence-corrected chi connectivity index (χ1v) is 6.44. The number of unbranched alkanes of at least 4 members (excludes halogenated alkanes) is 2. The minimum atomic E-state index is 0.535. The predicted molar refractivity (Wildman–Crippen MR) is 70.3 cm³/mol. The molecule has 0 saturated carbocycles. The molecule has 0 amide bonds. The molecule has 0 aliphatic heterocycles. The van der Waals surface area contributed by atoms with Gasteiger partial charge in [-0.1, -0.05) is 19.8 Å². The number of nitrogens with zero attached hydrogens (tertiary/aromatic N) is 3. The van der Waals surface area contributed by atoms with Crippen LogP contribution in [0.4, 0.5) is 5.82 Å². The van der Waals surface area contributed by atoms with E-state index in [4.69, 9.17) is 11.6 Å². The van der Waals surface area contributed by atoms with E-state index in [2.05, 4.69) is 24.0 Å². The van der Waals surface area contributed by atoms with E-state index in [-0.39, 0.29) is 0 Å². The zero-order valence-electron chi connectivity index (χ0n) is 10.8. The summed E-state index contributed by atoms with van der Waals surface area (Å²) < 4.78 is 1.93. The molecule has 0 spiro atoms. The Morgan fingerprint density at radius 1 is 1.38 bits per heavy atom. The summed E-state index contributed by atoms with van der Waals surface area (Å²) in [6.07, 6.45) is 3.75. The Bertz CT molecular complexity index is 333. The van der Waals surface area contributed by atoms with Crippen molar-refractivity contribution in [2.45, 2.75) is 39.0 Å². The van der Waals surface area contributed by atoms with Gasteiger partial charge in [0.05, 0.1) is 11.6 Å². The summed E-state index contributed by atoms with van der Waals surface area (Å²) in [5, 5.41) is 4.42. The molecule has 4 heteroatoms. The van der Waals surface area contributed by atoms with Gasteiger partial charge in [0.2, 0.25) is 0 Å². The molecule has 0 fully saturated rings. The van der Waals surface area contributed by atoms with Gasteiger partial charge in [-0.25, -0.2) is 0 Å². The molecule has 0 unspecified atom stereocenters. The predicted octanol–water partition coefficient (Wildman–Crippen LogP) is 3.09. The van der Waals surface area contributed by atoms with Crippen molar-refractivity contribution in [1.82, 2.24) is 9.78 Å². The normalized spacial score (nSPS) is 10.8. The number of rotatable bonds is 6. The molecule has 0 saturated heterocycles. The molecule has 0 N–H and O–H groups in total. The summed E-state index contributed by atoms with van der Waals surface area (Å²) in [5.74, 6) is 1.69. The van der Waals surface area contributed by atoms with Crippen molar-refractivity contribution in [3.63, 3.8) is 0 Å². The Hall–Kier alpha value is -0.700. The lowest BCUT2D eigenvalue weighted by atomic mass is 10.2. The molecule has 0 aromatic carbocycles. The van der Waals surface area contributed by atoms with Gasteiger partial charge in [-0.05, 0) is 13.3 Å². The Balaban J connectivity index is 2.77. The van der Waals surface area contributed by atoms with Crippen LogP contribution >= 0.6 is 11.6 Å². The standard InChI is InChI=1S/C12H22ClN3/c1-5-6-7-8-15(3)12-11(9-13)10(2)14-16(12)4/h5-9H2,1-4H3. The minimum absolute atomic E-state index is 0.535. The van der Waals surface area contributed by atoms with Gasteiger partial charge in [0.15, 0.2) is 0 Å². The van der Waals surface area contributed by atoms with E-state index in [0.717, 1.165) is 23.6 Å². The van der Waals surface area contributed by atoms with E-state index in [1.807, 2.05) is 18.7 Å². The topological polar surface area (TPSA) is 21.1 Å². The van der Waals surface area contributed by atoms with E-state index in [1.54, 1.807) is 0 Å². The van der Waals surface area contributed by atoms with Crippen molar-refractivity contribution in [3.05, 3.63) is 11.3 Å². The number of anilines is 1. The zero-order valence-corrected chi connectivity index (χ0v) is 11.5. The van der Waals surface area contributed by atoms with E-state index in [1.165, 1.54) is 19.3 Å². The molecule has 1 aromatic heterocycles. The van der Waals surface area contributed by atoms with Gasteiger partial charge in [0.1, 0.15) is 5.82 Å². The van der Waals surface area contributed by atoms with Crippen LogP contribution in [0.3, 0.4) is 0 Å². The van der Waals surface area contributed by atoms with E-state index >= 15 is 0 Å². The first-order chi connectivity index (χ1) is 7.61. The minimum Gasteiger partial charge on any atom is -0.360 e. The third kappa shape index (κ3) is 2.91. The van der Waals surface area contributed by atoms with Gasteiger partial charge >= 0.3 is 0 Å². The highest BCUT2D eigenvalue weighted by Gasteiger charge is 2.15. The fourth-order valence-corrected chi connectivity index (χ4v) is 2.34. The summed E-state index contributed by atoms with van der Waals surface area (Å²) in [6.45, 7) is 5.30. The Labute approximate surface area is 103 Å². The smallest absolute Gasteiger partial charge is 0.130 e. The monoisotopic (exact) mass is 243 g/mol. The summed E-state index contributed by atoms with van der Waals surface area (Å²) in [6, 6.07) is 0. The van der Waals surface area contributed by atoms with Crippen molar-refractivity contribution in [2.75, 3.05) is 18.5 Å². The number of aromatic nitrogens is 2. The van der Waals surface area contributed by atoms with Crippen LogP contribution in [0.25, 0.3) is 0 Å². The van der Waals surface area contributed by atoms with E-state index in [0.29, 0.717) is 5.88 Å². The lowest BCUT2D eigenvalue weighted by molar-refractivity contribution is 0.675. The van der Waals surface area contributed by atoms with Gasteiger partial charge < -0.3 is 4.90 Å². The van der Waals surface area contributed by atoms with Crippen LogP contribution in [0.15, 0.2) is 0 Å². The van der Waals surface area contributed by atoms with Crippen molar-refractivity contribution < 1.29 is 0 Å². The van der Waals surface area contributed by atoms with E-state index in [9.17, 15) is 0 Å². The molecule has 3 nitrogen and oxygen atoms in total. The van der Waals surface area contributed by atoms with Gasteiger partial charge in [-0.2, -0.15) is 5.10 Å². The lowest BCUT2D eigenvalue weighted by Crippen LogP contribution is -2.22. The molecule has 0 aliphatic carbocycles. The number of aryl methyl sites for hydroxylation is 2. The van der Waals surface area contributed by atoms with Gasteiger partial charge in [0.25, 0.3) is 0 Å². The molecule has 1 aromatic rings. The Morgan fingerprint density at radius 3 is 2.62 bits per heavy atom.